The first-order valence-electron chi connectivity index (χ1n) is 7.92. The molecule has 0 saturated carbocycles. The van der Waals surface area contributed by atoms with Gasteiger partial charge in [-0.2, -0.15) is 5.26 Å². The predicted octanol–water partition coefficient (Wildman–Crippen LogP) is 3.05. The minimum absolute atomic E-state index is 0.113. The van der Waals surface area contributed by atoms with E-state index in [0.29, 0.717) is 21.4 Å². The van der Waals surface area contributed by atoms with Crippen LogP contribution < -0.4 is 16.4 Å². The quantitative estimate of drug-likeness (QED) is 0.850. The summed E-state index contributed by atoms with van der Waals surface area (Å²) in [5.41, 5.74) is 12.7. The van der Waals surface area contributed by atoms with Crippen molar-refractivity contribution in [2.24, 2.45) is 5.73 Å². The highest BCUT2D eigenvalue weighted by molar-refractivity contribution is 7.99. The van der Waals surface area contributed by atoms with E-state index in [9.17, 15) is 0 Å². The monoisotopic (exact) mass is 374 g/mol. The van der Waals surface area contributed by atoms with Crippen LogP contribution in [0.15, 0.2) is 34.3 Å². The van der Waals surface area contributed by atoms with Gasteiger partial charge in [-0.05, 0) is 38.0 Å². The van der Waals surface area contributed by atoms with E-state index < -0.39 is 0 Å². The van der Waals surface area contributed by atoms with Gasteiger partial charge in [0, 0.05) is 23.5 Å². The molecule has 0 amide bonds. The molecule has 2 heterocycles. The van der Waals surface area contributed by atoms with Crippen molar-refractivity contribution in [3.05, 3.63) is 35.0 Å². The fourth-order valence-corrected chi connectivity index (χ4v) is 3.67. The van der Waals surface area contributed by atoms with Crippen molar-refractivity contribution in [3.8, 4) is 6.07 Å². The summed E-state index contributed by atoms with van der Waals surface area (Å²) in [5, 5.41) is 9.99. The molecule has 4 N–H and O–H groups in total. The van der Waals surface area contributed by atoms with Crippen molar-refractivity contribution < 1.29 is 0 Å². The number of halogens is 1. The molecule has 0 unspecified atom stereocenters. The molecule has 25 heavy (non-hydrogen) atoms. The van der Waals surface area contributed by atoms with Gasteiger partial charge in [0.15, 0.2) is 5.82 Å². The average molecular weight is 375 g/mol. The summed E-state index contributed by atoms with van der Waals surface area (Å²) in [6.07, 6.45) is 3.55. The highest BCUT2D eigenvalue weighted by atomic mass is 35.5. The molecule has 0 atom stereocenters. The Balaban J connectivity index is 1.76. The average Bonchev–Trinajstić information content (AvgIpc) is 2.58. The fourth-order valence-electron chi connectivity index (χ4n) is 2.62. The maximum Gasteiger partial charge on any atom is 0.158 e. The summed E-state index contributed by atoms with van der Waals surface area (Å²) in [5.74, 6) is 1.13. The topological polar surface area (TPSA) is 105 Å². The number of rotatable bonds is 3. The first-order valence-corrected chi connectivity index (χ1v) is 9.11. The van der Waals surface area contributed by atoms with E-state index in [1.54, 1.807) is 24.4 Å². The van der Waals surface area contributed by atoms with Gasteiger partial charge in [-0.15, -0.1) is 0 Å². The Morgan fingerprint density at radius 3 is 2.68 bits per heavy atom. The van der Waals surface area contributed by atoms with Crippen molar-refractivity contribution in [2.75, 3.05) is 23.7 Å². The maximum absolute atomic E-state index is 8.90. The number of anilines is 2. The molecule has 2 aromatic rings. The Morgan fingerprint density at radius 2 is 2.08 bits per heavy atom. The van der Waals surface area contributed by atoms with E-state index in [4.69, 9.17) is 28.3 Å². The smallest absolute Gasteiger partial charge is 0.158 e. The largest absolute Gasteiger partial charge is 0.381 e. The second-order valence-corrected chi connectivity index (χ2v) is 7.86. The number of nitriles is 1. The molecule has 1 aliphatic rings. The zero-order chi connectivity index (χ0) is 18.0. The summed E-state index contributed by atoms with van der Waals surface area (Å²) in [4.78, 5) is 11.9. The normalized spacial score (nSPS) is 16.5. The second-order valence-electron chi connectivity index (χ2n) is 6.42. The molecule has 1 aromatic carbocycles. The van der Waals surface area contributed by atoms with Crippen LogP contribution in [0.4, 0.5) is 11.6 Å². The van der Waals surface area contributed by atoms with E-state index >= 15 is 0 Å². The summed E-state index contributed by atoms with van der Waals surface area (Å²) in [6, 6.07) is 7.18. The summed E-state index contributed by atoms with van der Waals surface area (Å²) >= 11 is 7.55. The Bertz CT molecular complexity index is 822. The van der Waals surface area contributed by atoms with Crippen LogP contribution in [0.25, 0.3) is 0 Å². The standard InChI is InChI=1S/C17H19ClN6S/c1-17(21)4-6-24(7-5-17)14-10-22-16(15(20)23-14)25-13-3-2-11(9-19)8-12(13)18/h2-3,8,10H,4-7,21H2,1H3,(H2,20,23). The SMILES string of the molecule is CC1(N)CCN(c2cnc(Sc3ccc(C#N)cc3Cl)c(N)n2)CC1. The Kier molecular flexibility index (Phi) is 5.04. The first-order chi connectivity index (χ1) is 11.9. The molecule has 1 aromatic heterocycles. The van der Waals surface area contributed by atoms with Crippen LogP contribution in [0.5, 0.6) is 0 Å². The number of aromatic nitrogens is 2. The van der Waals surface area contributed by atoms with E-state index in [2.05, 4.69) is 27.9 Å². The minimum atomic E-state index is -0.113. The van der Waals surface area contributed by atoms with E-state index in [0.717, 1.165) is 36.6 Å². The molecule has 0 bridgehead atoms. The number of nitrogens with two attached hydrogens (primary N) is 2. The lowest BCUT2D eigenvalue weighted by Crippen LogP contribution is -2.48. The number of nitrogen functional groups attached to an aromatic ring is 1. The highest BCUT2D eigenvalue weighted by Gasteiger charge is 2.26. The van der Waals surface area contributed by atoms with E-state index in [1.165, 1.54) is 11.8 Å². The lowest BCUT2D eigenvalue weighted by Gasteiger charge is -2.37. The maximum atomic E-state index is 8.90. The van der Waals surface area contributed by atoms with Gasteiger partial charge in [0.05, 0.1) is 22.9 Å². The van der Waals surface area contributed by atoms with Gasteiger partial charge in [0.1, 0.15) is 10.8 Å². The van der Waals surface area contributed by atoms with Crippen molar-refractivity contribution in [1.29, 1.82) is 5.26 Å². The third-order valence-electron chi connectivity index (χ3n) is 4.25. The Hall–Kier alpha value is -2.01. The zero-order valence-corrected chi connectivity index (χ0v) is 15.4. The van der Waals surface area contributed by atoms with Crippen molar-refractivity contribution in [2.45, 2.75) is 35.2 Å². The Labute approximate surface area is 156 Å². The summed E-state index contributed by atoms with van der Waals surface area (Å²) < 4.78 is 0. The molecular formula is C17H19ClN6S. The lowest BCUT2D eigenvalue weighted by atomic mass is 9.91. The molecule has 1 aliphatic heterocycles. The third kappa shape index (κ3) is 4.15. The molecule has 130 valence electrons. The van der Waals surface area contributed by atoms with Crippen LogP contribution in [-0.4, -0.2) is 28.6 Å². The van der Waals surface area contributed by atoms with Crippen LogP contribution in [0, 0.1) is 11.3 Å². The van der Waals surface area contributed by atoms with Gasteiger partial charge in [-0.1, -0.05) is 23.4 Å². The van der Waals surface area contributed by atoms with Gasteiger partial charge in [-0.3, -0.25) is 0 Å². The van der Waals surface area contributed by atoms with Gasteiger partial charge in [-0.25, -0.2) is 9.97 Å². The van der Waals surface area contributed by atoms with Crippen LogP contribution in [0.3, 0.4) is 0 Å². The zero-order valence-electron chi connectivity index (χ0n) is 13.9. The number of nitrogens with zero attached hydrogens (tertiary/aromatic N) is 4. The van der Waals surface area contributed by atoms with E-state index in [-0.39, 0.29) is 5.54 Å². The Morgan fingerprint density at radius 1 is 1.36 bits per heavy atom. The second kappa shape index (κ2) is 7.08. The minimum Gasteiger partial charge on any atom is -0.381 e. The van der Waals surface area contributed by atoms with Crippen molar-refractivity contribution >= 4 is 35.0 Å². The summed E-state index contributed by atoms with van der Waals surface area (Å²) in [6.45, 7) is 3.76. The number of benzene rings is 1. The van der Waals surface area contributed by atoms with Gasteiger partial charge in [0.25, 0.3) is 0 Å². The van der Waals surface area contributed by atoms with Gasteiger partial charge < -0.3 is 16.4 Å². The lowest BCUT2D eigenvalue weighted by molar-refractivity contribution is 0.363. The molecule has 1 saturated heterocycles. The molecular weight excluding hydrogens is 356 g/mol. The van der Waals surface area contributed by atoms with Crippen molar-refractivity contribution in [1.82, 2.24) is 9.97 Å². The molecule has 1 fully saturated rings. The summed E-state index contributed by atoms with van der Waals surface area (Å²) in [7, 11) is 0. The molecule has 8 heteroatoms. The molecule has 6 nitrogen and oxygen atoms in total. The van der Waals surface area contributed by atoms with Crippen LogP contribution in [0.1, 0.15) is 25.3 Å². The molecule has 0 aliphatic carbocycles. The molecule has 3 rings (SSSR count). The number of hydrogen-bond donors (Lipinski definition) is 2. The number of hydrogen-bond acceptors (Lipinski definition) is 7. The van der Waals surface area contributed by atoms with Crippen molar-refractivity contribution in [3.63, 3.8) is 0 Å². The molecule has 0 radical (unpaired) electrons. The highest BCUT2D eigenvalue weighted by Crippen LogP contribution is 2.35. The van der Waals surface area contributed by atoms with Gasteiger partial charge >= 0.3 is 0 Å². The fraction of sp³-hybridized carbons (Fsp3) is 0.353. The third-order valence-corrected chi connectivity index (χ3v) is 5.76. The van der Waals surface area contributed by atoms with Crippen LogP contribution in [-0.2, 0) is 0 Å². The first kappa shape index (κ1) is 17.8. The van der Waals surface area contributed by atoms with Gasteiger partial charge in [0.2, 0.25) is 0 Å². The van der Waals surface area contributed by atoms with E-state index in [1.807, 2.05) is 0 Å². The molecule has 0 spiro atoms. The predicted molar refractivity (Wildman–Crippen MR) is 101 cm³/mol. The van der Waals surface area contributed by atoms with Crippen LogP contribution in [0.2, 0.25) is 5.02 Å². The van der Waals surface area contributed by atoms with Crippen LogP contribution >= 0.6 is 23.4 Å². The number of piperidine rings is 1.